The fraction of sp³-hybridized carbons (Fsp3) is 0.154. The summed E-state index contributed by atoms with van der Waals surface area (Å²) in [4.78, 5) is 9.62. The molecule has 0 aliphatic heterocycles. The first-order valence-electron chi connectivity index (χ1n) is 5.90. The van der Waals surface area contributed by atoms with Crippen LogP contribution in [0.4, 0.5) is 5.69 Å². The van der Waals surface area contributed by atoms with Gasteiger partial charge in [0.15, 0.2) is 0 Å². The Kier molecular flexibility index (Phi) is 10.6. The van der Waals surface area contributed by atoms with Crippen molar-refractivity contribution in [3.63, 3.8) is 0 Å². The van der Waals surface area contributed by atoms with Crippen molar-refractivity contribution in [1.29, 1.82) is 0 Å². The Labute approximate surface area is 195 Å². The van der Waals surface area contributed by atoms with Crippen molar-refractivity contribution in [1.82, 2.24) is 0 Å². The second-order valence-electron chi connectivity index (χ2n) is 4.60. The zero-order valence-corrected chi connectivity index (χ0v) is 19.1. The number of carbonyl (C=O) groups excluding carboxylic acids is 1. The molecule has 2 aromatic carbocycles. The van der Waals surface area contributed by atoms with E-state index in [2.05, 4.69) is 5.32 Å². The zero-order chi connectivity index (χ0) is 17.6. The van der Waals surface area contributed by atoms with Gasteiger partial charge in [-0.25, -0.2) is 16.8 Å². The first-order chi connectivity index (χ1) is 10.4. The molecule has 2 aromatic rings. The van der Waals surface area contributed by atoms with E-state index in [9.17, 15) is 35.8 Å². The molecular formula is C13H13NNa2O8S2. The SMILES string of the molecule is C.CC(=O)Nc1cc(S(=O)(=O)[O-])cc2cc(S(=O)(=O)[O-])cc(O)c12.[Na+].[Na+]. The number of hydrogen-bond donors (Lipinski definition) is 2. The van der Waals surface area contributed by atoms with Crippen LogP contribution in [0, 0.1) is 0 Å². The number of anilines is 1. The van der Waals surface area contributed by atoms with E-state index in [4.69, 9.17) is 0 Å². The van der Waals surface area contributed by atoms with Crippen LogP contribution in [0.25, 0.3) is 10.8 Å². The van der Waals surface area contributed by atoms with Crippen LogP contribution < -0.4 is 64.4 Å². The van der Waals surface area contributed by atoms with Gasteiger partial charge in [-0.1, -0.05) is 7.43 Å². The molecule has 0 fully saturated rings. The number of benzene rings is 2. The minimum Gasteiger partial charge on any atom is -0.744 e. The van der Waals surface area contributed by atoms with Crippen molar-refractivity contribution in [3.05, 3.63) is 24.3 Å². The minimum absolute atomic E-state index is 0. The molecule has 132 valence electrons. The Morgan fingerprint density at radius 2 is 1.38 bits per heavy atom. The number of phenolic OH excluding ortho intramolecular Hbond substituents is 1. The van der Waals surface area contributed by atoms with Gasteiger partial charge in [0.2, 0.25) is 5.91 Å². The molecule has 0 heterocycles. The van der Waals surface area contributed by atoms with E-state index >= 15 is 0 Å². The largest absolute Gasteiger partial charge is 1.00 e. The molecule has 9 nitrogen and oxygen atoms in total. The summed E-state index contributed by atoms with van der Waals surface area (Å²) in [7, 11) is -9.85. The maximum Gasteiger partial charge on any atom is 1.00 e. The number of fused-ring (bicyclic) bond motifs is 1. The van der Waals surface area contributed by atoms with Crippen LogP contribution >= 0.6 is 0 Å². The normalized spacial score (nSPS) is 10.9. The average molecular weight is 421 g/mol. The van der Waals surface area contributed by atoms with Crippen LogP contribution in [0.3, 0.4) is 0 Å². The predicted octanol–water partition coefficient (Wildman–Crippen LogP) is -5.04. The Morgan fingerprint density at radius 3 is 1.77 bits per heavy atom. The number of rotatable bonds is 3. The van der Waals surface area contributed by atoms with Crippen molar-refractivity contribution in [2.24, 2.45) is 0 Å². The van der Waals surface area contributed by atoms with E-state index < -0.39 is 41.7 Å². The Balaban J connectivity index is 0. The summed E-state index contributed by atoms with van der Waals surface area (Å²) < 4.78 is 66.7. The number of phenols is 1. The minimum atomic E-state index is -4.93. The fourth-order valence-corrected chi connectivity index (χ4v) is 3.08. The van der Waals surface area contributed by atoms with Crippen LogP contribution in [0.2, 0.25) is 0 Å². The van der Waals surface area contributed by atoms with Gasteiger partial charge in [-0.15, -0.1) is 0 Å². The summed E-state index contributed by atoms with van der Waals surface area (Å²) >= 11 is 0. The standard InChI is InChI=1S/C12H11NO8S2.CH4.2Na/c1-6(14)13-10-4-8(22(16,17)18)2-7-3-9(23(19,20)21)5-11(15)12(7)10;;;/h2-5,15H,1H3,(H,13,14)(H,16,17,18)(H,19,20,21);1H4;;/q;;2*+1/p-2. The molecular weight excluding hydrogens is 408 g/mol. The maximum atomic E-state index is 11.2. The molecule has 0 radical (unpaired) electrons. The molecule has 0 unspecified atom stereocenters. The number of hydrogen-bond acceptors (Lipinski definition) is 8. The van der Waals surface area contributed by atoms with Gasteiger partial charge in [0.05, 0.1) is 15.5 Å². The molecule has 13 heteroatoms. The molecule has 0 aliphatic rings. The Morgan fingerprint density at radius 1 is 0.962 bits per heavy atom. The van der Waals surface area contributed by atoms with Crippen molar-refractivity contribution < 1.29 is 95.0 Å². The molecule has 0 aliphatic carbocycles. The van der Waals surface area contributed by atoms with E-state index in [0.717, 1.165) is 25.1 Å². The predicted molar refractivity (Wildman–Crippen MR) is 82.6 cm³/mol. The number of amides is 1. The number of nitrogens with one attached hydrogen (secondary N) is 1. The topological polar surface area (TPSA) is 164 Å². The van der Waals surface area contributed by atoms with Gasteiger partial charge in [0, 0.05) is 12.3 Å². The van der Waals surface area contributed by atoms with Gasteiger partial charge in [0.1, 0.15) is 26.0 Å². The zero-order valence-electron chi connectivity index (χ0n) is 13.4. The molecule has 0 aromatic heterocycles. The summed E-state index contributed by atoms with van der Waals surface area (Å²) in [5, 5.41) is 11.8. The van der Waals surface area contributed by atoms with Gasteiger partial charge in [-0.05, 0) is 29.7 Å². The van der Waals surface area contributed by atoms with Crippen LogP contribution in [0.15, 0.2) is 34.1 Å². The summed E-state index contributed by atoms with van der Waals surface area (Å²) in [6.45, 7) is 1.11. The van der Waals surface area contributed by atoms with E-state index in [-0.39, 0.29) is 83.0 Å². The van der Waals surface area contributed by atoms with Gasteiger partial charge in [0.25, 0.3) is 0 Å². The van der Waals surface area contributed by atoms with Gasteiger partial charge >= 0.3 is 59.1 Å². The third kappa shape index (κ3) is 6.44. The summed E-state index contributed by atoms with van der Waals surface area (Å²) in [5.74, 6) is -1.29. The summed E-state index contributed by atoms with van der Waals surface area (Å²) in [5.41, 5.74) is -0.211. The molecule has 0 spiro atoms. The average Bonchev–Trinajstić information content (AvgIpc) is 2.34. The third-order valence-corrected chi connectivity index (χ3v) is 4.49. The van der Waals surface area contributed by atoms with Crippen molar-refractivity contribution in [2.45, 2.75) is 24.1 Å². The van der Waals surface area contributed by atoms with Gasteiger partial charge in [-0.3, -0.25) is 4.79 Å². The second-order valence-corrected chi connectivity index (χ2v) is 7.36. The van der Waals surface area contributed by atoms with Crippen LogP contribution in [-0.4, -0.2) is 37.0 Å². The van der Waals surface area contributed by atoms with Gasteiger partial charge in [-0.2, -0.15) is 0 Å². The number of aromatic hydroxyl groups is 1. The fourth-order valence-electron chi connectivity index (χ4n) is 2.02. The first kappa shape index (κ1) is 28.0. The summed E-state index contributed by atoms with van der Waals surface area (Å²) in [6.07, 6.45) is 0. The molecule has 0 bridgehead atoms. The number of carbonyl (C=O) groups is 1. The molecule has 1 amide bonds. The van der Waals surface area contributed by atoms with E-state index in [1.807, 2.05) is 0 Å². The third-order valence-electron chi connectivity index (χ3n) is 2.86. The quantitative estimate of drug-likeness (QED) is 0.367. The Hall–Kier alpha value is -0.210. The van der Waals surface area contributed by atoms with E-state index in [0.29, 0.717) is 6.07 Å². The molecule has 2 N–H and O–H groups in total. The maximum absolute atomic E-state index is 11.2. The van der Waals surface area contributed by atoms with Crippen molar-refractivity contribution >= 4 is 42.6 Å². The summed E-state index contributed by atoms with van der Waals surface area (Å²) in [6, 6.07) is 3.10. The van der Waals surface area contributed by atoms with Crippen LogP contribution in [0.1, 0.15) is 14.4 Å². The van der Waals surface area contributed by atoms with E-state index in [1.54, 1.807) is 0 Å². The molecule has 2 rings (SSSR count). The molecule has 0 saturated heterocycles. The monoisotopic (exact) mass is 421 g/mol. The molecule has 0 saturated carbocycles. The van der Waals surface area contributed by atoms with Crippen molar-refractivity contribution in [3.8, 4) is 5.75 Å². The first-order valence-corrected chi connectivity index (χ1v) is 8.71. The Bertz CT molecular complexity index is 1030. The molecule has 0 atom stereocenters. The van der Waals surface area contributed by atoms with Crippen LogP contribution in [-0.2, 0) is 25.0 Å². The smallest absolute Gasteiger partial charge is 0.744 e. The second kappa shape index (κ2) is 9.82. The van der Waals surface area contributed by atoms with Crippen molar-refractivity contribution in [2.75, 3.05) is 5.32 Å². The van der Waals surface area contributed by atoms with Gasteiger partial charge < -0.3 is 19.5 Å². The van der Waals surface area contributed by atoms with Crippen LogP contribution in [0.5, 0.6) is 5.75 Å². The van der Waals surface area contributed by atoms with E-state index in [1.165, 1.54) is 0 Å². The molecule has 26 heavy (non-hydrogen) atoms.